The monoisotopic (exact) mass is 290 g/mol. The van der Waals surface area contributed by atoms with E-state index in [9.17, 15) is 19.5 Å². The van der Waals surface area contributed by atoms with E-state index in [-0.39, 0.29) is 45.0 Å². The zero-order valence-electron chi connectivity index (χ0n) is 12.1. The van der Waals surface area contributed by atoms with E-state index in [1.807, 2.05) is 0 Å². The minimum atomic E-state index is -1.20. The number of hydrogen-bond donors (Lipinski definition) is 1. The Morgan fingerprint density at radius 2 is 1.76 bits per heavy atom. The molecule has 0 aliphatic carbocycles. The second-order valence-electron chi connectivity index (χ2n) is 4.66. The predicted molar refractivity (Wildman–Crippen MR) is 74.5 cm³/mol. The van der Waals surface area contributed by atoms with E-state index >= 15 is 0 Å². The molecule has 0 amide bonds. The van der Waals surface area contributed by atoms with Crippen molar-refractivity contribution in [3.63, 3.8) is 0 Å². The van der Waals surface area contributed by atoms with Gasteiger partial charge >= 0.3 is 5.97 Å². The zero-order valence-corrected chi connectivity index (χ0v) is 12.1. The van der Waals surface area contributed by atoms with Crippen molar-refractivity contribution in [3.05, 3.63) is 28.5 Å². The number of aromatic carboxylic acids is 1. The maximum Gasteiger partial charge on any atom is 0.339 e. The Hall–Kier alpha value is -2.63. The SMILES string of the molecule is COc1c(C(C)=O)cc2oc(C)c(C(=O)O)c2c1C(C)=O. The fraction of sp³-hybridized carbons (Fsp3) is 0.267. The van der Waals surface area contributed by atoms with E-state index in [0.29, 0.717) is 0 Å². The number of carboxylic acids is 1. The fourth-order valence-corrected chi connectivity index (χ4v) is 2.43. The second-order valence-corrected chi connectivity index (χ2v) is 4.66. The van der Waals surface area contributed by atoms with E-state index in [0.717, 1.165) is 0 Å². The number of rotatable bonds is 4. The Morgan fingerprint density at radius 3 is 2.19 bits per heavy atom. The summed E-state index contributed by atoms with van der Waals surface area (Å²) in [7, 11) is 1.33. The normalized spacial score (nSPS) is 10.7. The van der Waals surface area contributed by atoms with Gasteiger partial charge in [-0.2, -0.15) is 0 Å². The van der Waals surface area contributed by atoms with Crippen LogP contribution in [0.15, 0.2) is 10.5 Å². The molecule has 110 valence electrons. The molecule has 0 spiro atoms. The van der Waals surface area contributed by atoms with Gasteiger partial charge in [-0.25, -0.2) is 4.79 Å². The Labute approximate surface area is 120 Å². The van der Waals surface area contributed by atoms with Crippen molar-refractivity contribution in [1.29, 1.82) is 0 Å². The minimum Gasteiger partial charge on any atom is -0.495 e. The Kier molecular flexibility index (Phi) is 3.55. The molecule has 0 saturated carbocycles. The highest BCUT2D eigenvalue weighted by Gasteiger charge is 2.28. The van der Waals surface area contributed by atoms with Gasteiger partial charge in [0.15, 0.2) is 11.6 Å². The van der Waals surface area contributed by atoms with Gasteiger partial charge in [-0.3, -0.25) is 9.59 Å². The van der Waals surface area contributed by atoms with Gasteiger partial charge in [0.25, 0.3) is 0 Å². The number of carbonyl (C=O) groups is 3. The molecule has 21 heavy (non-hydrogen) atoms. The number of benzene rings is 1. The summed E-state index contributed by atoms with van der Waals surface area (Å²) in [6.45, 7) is 4.12. The minimum absolute atomic E-state index is 0.0504. The highest BCUT2D eigenvalue weighted by Crippen LogP contribution is 2.37. The van der Waals surface area contributed by atoms with Crippen molar-refractivity contribution in [2.75, 3.05) is 7.11 Å². The lowest BCUT2D eigenvalue weighted by Gasteiger charge is -2.11. The molecule has 0 saturated heterocycles. The molecule has 0 radical (unpaired) electrons. The van der Waals surface area contributed by atoms with Gasteiger partial charge in [-0.15, -0.1) is 0 Å². The summed E-state index contributed by atoms with van der Waals surface area (Å²) in [5, 5.41) is 9.48. The van der Waals surface area contributed by atoms with Crippen molar-refractivity contribution in [3.8, 4) is 5.75 Å². The van der Waals surface area contributed by atoms with Gasteiger partial charge in [0.05, 0.1) is 18.2 Å². The summed E-state index contributed by atoms with van der Waals surface area (Å²) < 4.78 is 10.6. The number of ketones is 2. The molecule has 1 aromatic heterocycles. The number of carbonyl (C=O) groups excluding carboxylic acids is 2. The van der Waals surface area contributed by atoms with Crippen molar-refractivity contribution in [1.82, 2.24) is 0 Å². The van der Waals surface area contributed by atoms with Crippen LogP contribution in [-0.4, -0.2) is 29.8 Å². The van der Waals surface area contributed by atoms with Crippen LogP contribution < -0.4 is 4.74 Å². The highest BCUT2D eigenvalue weighted by molar-refractivity contribution is 6.18. The number of aryl methyl sites for hydroxylation is 1. The molecular formula is C15H14O6. The summed E-state index contributed by atoms with van der Waals surface area (Å²) in [4.78, 5) is 35.1. The van der Waals surface area contributed by atoms with Crippen LogP contribution in [-0.2, 0) is 0 Å². The summed E-state index contributed by atoms with van der Waals surface area (Å²) in [5.74, 6) is -1.66. The average Bonchev–Trinajstić information content (AvgIpc) is 2.71. The smallest absolute Gasteiger partial charge is 0.339 e. The number of furan rings is 1. The van der Waals surface area contributed by atoms with Crippen LogP contribution in [0.3, 0.4) is 0 Å². The molecule has 2 aromatic rings. The van der Waals surface area contributed by atoms with Gasteiger partial charge in [0.1, 0.15) is 22.7 Å². The van der Waals surface area contributed by atoms with Crippen LogP contribution in [0, 0.1) is 6.92 Å². The van der Waals surface area contributed by atoms with Crippen molar-refractivity contribution in [2.45, 2.75) is 20.8 Å². The molecule has 1 heterocycles. The Balaban J connectivity index is 3.09. The van der Waals surface area contributed by atoms with Crippen LogP contribution in [0.1, 0.15) is 50.7 Å². The van der Waals surface area contributed by atoms with Crippen LogP contribution in [0.25, 0.3) is 11.0 Å². The van der Waals surface area contributed by atoms with E-state index in [2.05, 4.69) is 0 Å². The predicted octanol–water partition coefficient (Wildman–Crippen LogP) is 2.85. The van der Waals surface area contributed by atoms with E-state index < -0.39 is 11.8 Å². The lowest BCUT2D eigenvalue weighted by molar-refractivity contribution is 0.0696. The standard InChI is InChI=1S/C15H14O6/c1-6(16)9-5-10-13(11(7(2)17)14(9)20-4)12(15(18)19)8(3)21-10/h5H,1-4H3,(H,18,19). The van der Waals surface area contributed by atoms with Gasteiger partial charge in [-0.1, -0.05) is 0 Å². The summed E-state index contributed by atoms with van der Waals surface area (Å²) in [6, 6.07) is 1.41. The summed E-state index contributed by atoms with van der Waals surface area (Å²) in [6.07, 6.45) is 0. The third-order valence-corrected chi connectivity index (χ3v) is 3.26. The number of ether oxygens (including phenoxy) is 1. The molecule has 0 fully saturated rings. The molecule has 0 aliphatic heterocycles. The number of hydrogen-bond acceptors (Lipinski definition) is 5. The molecule has 0 bridgehead atoms. The molecule has 0 unspecified atom stereocenters. The van der Waals surface area contributed by atoms with Crippen LogP contribution >= 0.6 is 0 Å². The lowest BCUT2D eigenvalue weighted by Crippen LogP contribution is -2.07. The Morgan fingerprint density at radius 1 is 1.14 bits per heavy atom. The third-order valence-electron chi connectivity index (χ3n) is 3.26. The number of fused-ring (bicyclic) bond motifs is 1. The quantitative estimate of drug-likeness (QED) is 0.870. The molecule has 1 N–H and O–H groups in total. The highest BCUT2D eigenvalue weighted by atomic mass is 16.5. The van der Waals surface area contributed by atoms with Crippen LogP contribution in [0.2, 0.25) is 0 Å². The first kappa shape index (κ1) is 14.8. The van der Waals surface area contributed by atoms with Crippen molar-refractivity contribution >= 4 is 28.5 Å². The van der Waals surface area contributed by atoms with Gasteiger partial charge in [-0.05, 0) is 26.8 Å². The lowest BCUT2D eigenvalue weighted by atomic mass is 9.96. The molecule has 0 aliphatic rings. The fourth-order valence-electron chi connectivity index (χ4n) is 2.43. The zero-order chi connectivity index (χ0) is 15.9. The summed E-state index contributed by atoms with van der Waals surface area (Å²) >= 11 is 0. The third kappa shape index (κ3) is 2.18. The average molecular weight is 290 g/mol. The van der Waals surface area contributed by atoms with Crippen LogP contribution in [0.5, 0.6) is 5.75 Å². The molecule has 2 rings (SSSR count). The first-order chi connectivity index (χ1) is 9.79. The molecule has 6 heteroatoms. The molecular weight excluding hydrogens is 276 g/mol. The van der Waals surface area contributed by atoms with E-state index in [4.69, 9.17) is 9.15 Å². The Bertz CT molecular complexity index is 781. The number of carboxylic acid groups (broad SMARTS) is 1. The van der Waals surface area contributed by atoms with Gasteiger partial charge < -0.3 is 14.3 Å². The second kappa shape index (κ2) is 5.05. The number of Topliss-reactive ketones (excluding diaryl/α,β-unsaturated/α-hetero) is 2. The maximum absolute atomic E-state index is 12.0. The van der Waals surface area contributed by atoms with Gasteiger partial charge in [0, 0.05) is 5.39 Å². The van der Waals surface area contributed by atoms with E-state index in [1.54, 1.807) is 0 Å². The first-order valence-electron chi connectivity index (χ1n) is 6.18. The maximum atomic E-state index is 12.0. The largest absolute Gasteiger partial charge is 0.495 e. The topological polar surface area (TPSA) is 93.8 Å². The van der Waals surface area contributed by atoms with Crippen LogP contribution in [0.4, 0.5) is 0 Å². The van der Waals surface area contributed by atoms with Gasteiger partial charge in [0.2, 0.25) is 0 Å². The number of methoxy groups -OCH3 is 1. The van der Waals surface area contributed by atoms with Crippen molar-refractivity contribution < 1.29 is 28.6 Å². The first-order valence-corrected chi connectivity index (χ1v) is 6.18. The van der Waals surface area contributed by atoms with Crippen molar-refractivity contribution in [2.24, 2.45) is 0 Å². The molecule has 0 atom stereocenters. The van der Waals surface area contributed by atoms with E-state index in [1.165, 1.54) is 33.9 Å². The molecule has 1 aromatic carbocycles. The summed E-state index contributed by atoms with van der Waals surface area (Å²) in [5.41, 5.74) is 0.319. The molecule has 6 nitrogen and oxygen atoms in total.